The largest absolute Gasteiger partial charge is 0.386 e. The van der Waals surface area contributed by atoms with Crippen molar-refractivity contribution in [2.75, 3.05) is 0 Å². The van der Waals surface area contributed by atoms with E-state index in [0.717, 1.165) is 16.7 Å². The molecule has 2 N–H and O–H groups in total. The minimum Gasteiger partial charge on any atom is -0.386 e. The van der Waals surface area contributed by atoms with Crippen LogP contribution < -0.4 is 0 Å². The highest BCUT2D eigenvalue weighted by atomic mass is 16.3. The summed E-state index contributed by atoms with van der Waals surface area (Å²) in [5.74, 6) is 0. The van der Waals surface area contributed by atoms with Crippen LogP contribution in [0.3, 0.4) is 0 Å². The minimum atomic E-state index is -0.778. The zero-order chi connectivity index (χ0) is 9.42. The molecule has 1 aliphatic rings. The smallest absolute Gasteiger partial charge is 0.109 e. The van der Waals surface area contributed by atoms with Gasteiger partial charge in [-0.1, -0.05) is 35.9 Å². The highest BCUT2D eigenvalue weighted by molar-refractivity contribution is 5.58. The maximum absolute atomic E-state index is 9.65. The lowest BCUT2D eigenvalue weighted by molar-refractivity contribution is 0.0470. The van der Waals surface area contributed by atoms with E-state index >= 15 is 0 Å². The first-order valence-electron chi connectivity index (χ1n) is 4.33. The Morgan fingerprint density at radius 2 is 2.00 bits per heavy atom. The van der Waals surface area contributed by atoms with Gasteiger partial charge in [0.25, 0.3) is 0 Å². The van der Waals surface area contributed by atoms with E-state index in [-0.39, 0.29) is 0 Å². The van der Waals surface area contributed by atoms with Crippen LogP contribution in [0.15, 0.2) is 24.3 Å². The highest BCUT2D eigenvalue weighted by Crippen LogP contribution is 2.28. The van der Waals surface area contributed by atoms with Gasteiger partial charge in [0.1, 0.15) is 12.2 Å². The molecule has 0 aliphatic heterocycles. The van der Waals surface area contributed by atoms with Gasteiger partial charge in [-0.05, 0) is 18.1 Å². The Kier molecular flexibility index (Phi) is 1.94. The quantitative estimate of drug-likeness (QED) is 0.627. The second-order valence-corrected chi connectivity index (χ2v) is 3.43. The standard InChI is InChI=1S/C11H12O2/c1-7-2-3-8-4-5-10(12)11(13)9(8)6-7/h2-6,10-13H,1H3/t10-,11+/m1/s1. The number of hydrogen-bond donors (Lipinski definition) is 2. The first-order chi connectivity index (χ1) is 6.18. The lowest BCUT2D eigenvalue weighted by atomic mass is 9.92. The van der Waals surface area contributed by atoms with Gasteiger partial charge in [-0.25, -0.2) is 0 Å². The van der Waals surface area contributed by atoms with Crippen molar-refractivity contribution in [3.8, 4) is 0 Å². The SMILES string of the molecule is Cc1ccc2c(c1)[C@H](O)[C@H](O)C=C2. The molecule has 2 atom stereocenters. The highest BCUT2D eigenvalue weighted by Gasteiger charge is 2.21. The molecule has 68 valence electrons. The number of aryl methyl sites for hydroxylation is 1. The molecule has 2 nitrogen and oxygen atoms in total. The average molecular weight is 176 g/mol. The Balaban J connectivity index is 2.54. The third-order valence-corrected chi connectivity index (χ3v) is 2.36. The summed E-state index contributed by atoms with van der Waals surface area (Å²) in [7, 11) is 0. The molecular formula is C11H12O2. The summed E-state index contributed by atoms with van der Waals surface area (Å²) in [6.07, 6.45) is 1.91. The zero-order valence-corrected chi connectivity index (χ0v) is 7.44. The fraction of sp³-hybridized carbons (Fsp3) is 0.273. The van der Waals surface area contributed by atoms with E-state index in [1.54, 1.807) is 6.08 Å². The third kappa shape index (κ3) is 1.39. The van der Waals surface area contributed by atoms with Gasteiger partial charge < -0.3 is 10.2 Å². The molecule has 0 saturated carbocycles. The molecule has 1 aliphatic carbocycles. The number of hydrogen-bond acceptors (Lipinski definition) is 2. The van der Waals surface area contributed by atoms with E-state index in [2.05, 4.69) is 0 Å². The summed E-state index contributed by atoms with van der Waals surface area (Å²) in [6.45, 7) is 1.97. The van der Waals surface area contributed by atoms with Crippen molar-refractivity contribution in [2.24, 2.45) is 0 Å². The molecule has 0 aromatic heterocycles. The normalized spacial score (nSPS) is 25.8. The van der Waals surface area contributed by atoms with E-state index in [1.165, 1.54) is 0 Å². The third-order valence-electron chi connectivity index (χ3n) is 2.36. The average Bonchev–Trinajstić information content (AvgIpc) is 2.12. The Bertz CT molecular complexity index is 355. The summed E-state index contributed by atoms with van der Waals surface area (Å²) in [6, 6.07) is 5.86. The molecule has 13 heavy (non-hydrogen) atoms. The van der Waals surface area contributed by atoms with Gasteiger partial charge in [-0.15, -0.1) is 0 Å². The monoisotopic (exact) mass is 176 g/mol. The van der Waals surface area contributed by atoms with Crippen LogP contribution >= 0.6 is 0 Å². The van der Waals surface area contributed by atoms with Gasteiger partial charge in [0, 0.05) is 0 Å². The molecule has 2 heteroatoms. The van der Waals surface area contributed by atoms with Crippen molar-refractivity contribution < 1.29 is 10.2 Å². The molecular weight excluding hydrogens is 164 g/mol. The number of rotatable bonds is 0. The molecule has 0 fully saturated rings. The van der Waals surface area contributed by atoms with Crippen molar-refractivity contribution in [1.82, 2.24) is 0 Å². The summed E-state index contributed by atoms with van der Waals surface area (Å²) in [5, 5.41) is 19.0. The van der Waals surface area contributed by atoms with E-state index in [4.69, 9.17) is 0 Å². The lowest BCUT2D eigenvalue weighted by Crippen LogP contribution is -2.19. The van der Waals surface area contributed by atoms with Gasteiger partial charge in [0.2, 0.25) is 0 Å². The van der Waals surface area contributed by atoms with Gasteiger partial charge >= 0.3 is 0 Å². The number of benzene rings is 1. The summed E-state index contributed by atoms with van der Waals surface area (Å²) >= 11 is 0. The molecule has 0 saturated heterocycles. The summed E-state index contributed by atoms with van der Waals surface area (Å²) < 4.78 is 0. The molecule has 0 radical (unpaired) electrons. The van der Waals surface area contributed by atoms with Crippen LogP contribution in [0.5, 0.6) is 0 Å². The van der Waals surface area contributed by atoms with Crippen LogP contribution in [0, 0.1) is 6.92 Å². The second-order valence-electron chi connectivity index (χ2n) is 3.43. The number of aliphatic hydroxyl groups is 2. The van der Waals surface area contributed by atoms with E-state index in [1.807, 2.05) is 31.2 Å². The van der Waals surface area contributed by atoms with Crippen LogP contribution in [0.2, 0.25) is 0 Å². The van der Waals surface area contributed by atoms with Gasteiger partial charge in [0.15, 0.2) is 0 Å². The zero-order valence-electron chi connectivity index (χ0n) is 7.44. The van der Waals surface area contributed by atoms with Gasteiger partial charge in [-0.2, -0.15) is 0 Å². The lowest BCUT2D eigenvalue weighted by Gasteiger charge is -2.21. The fourth-order valence-corrected chi connectivity index (χ4v) is 1.59. The molecule has 0 heterocycles. The van der Waals surface area contributed by atoms with Crippen molar-refractivity contribution in [3.63, 3.8) is 0 Å². The van der Waals surface area contributed by atoms with Crippen LogP contribution in [-0.4, -0.2) is 16.3 Å². The maximum atomic E-state index is 9.65. The predicted octanol–water partition coefficient (Wildman–Crippen LogP) is 1.42. The Labute approximate surface area is 77.1 Å². The van der Waals surface area contributed by atoms with Crippen LogP contribution in [0.1, 0.15) is 22.8 Å². The van der Waals surface area contributed by atoms with Crippen LogP contribution in [-0.2, 0) is 0 Å². The number of aliphatic hydroxyl groups excluding tert-OH is 2. The first kappa shape index (κ1) is 8.48. The van der Waals surface area contributed by atoms with Gasteiger partial charge in [0.05, 0.1) is 0 Å². The van der Waals surface area contributed by atoms with Gasteiger partial charge in [-0.3, -0.25) is 0 Å². The first-order valence-corrected chi connectivity index (χ1v) is 4.33. The molecule has 0 spiro atoms. The summed E-state index contributed by atoms with van der Waals surface area (Å²) in [5.41, 5.74) is 2.90. The molecule has 1 aromatic carbocycles. The molecule has 0 unspecified atom stereocenters. The maximum Gasteiger partial charge on any atom is 0.109 e. The Hall–Kier alpha value is -1.12. The molecule has 0 bridgehead atoms. The van der Waals surface area contributed by atoms with Crippen LogP contribution in [0.25, 0.3) is 6.08 Å². The van der Waals surface area contributed by atoms with E-state index in [9.17, 15) is 10.2 Å². The number of fused-ring (bicyclic) bond motifs is 1. The predicted molar refractivity (Wildman–Crippen MR) is 51.2 cm³/mol. The Morgan fingerprint density at radius 3 is 2.77 bits per heavy atom. The molecule has 1 aromatic rings. The molecule has 2 rings (SSSR count). The van der Waals surface area contributed by atoms with Crippen molar-refractivity contribution in [2.45, 2.75) is 19.1 Å². The van der Waals surface area contributed by atoms with Crippen molar-refractivity contribution >= 4 is 6.08 Å². The fourth-order valence-electron chi connectivity index (χ4n) is 1.59. The topological polar surface area (TPSA) is 40.5 Å². The van der Waals surface area contributed by atoms with Crippen molar-refractivity contribution in [1.29, 1.82) is 0 Å². The van der Waals surface area contributed by atoms with Crippen LogP contribution in [0.4, 0.5) is 0 Å². The Morgan fingerprint density at radius 1 is 1.23 bits per heavy atom. The van der Waals surface area contributed by atoms with E-state index < -0.39 is 12.2 Å². The van der Waals surface area contributed by atoms with Crippen molar-refractivity contribution in [3.05, 3.63) is 41.0 Å². The molecule has 0 amide bonds. The second kappa shape index (κ2) is 2.98. The summed E-state index contributed by atoms with van der Waals surface area (Å²) in [4.78, 5) is 0. The van der Waals surface area contributed by atoms with E-state index in [0.29, 0.717) is 0 Å². The minimum absolute atomic E-state index is 0.769.